The molecule has 0 radical (unpaired) electrons. The summed E-state index contributed by atoms with van der Waals surface area (Å²) in [6.45, 7) is 1.52. The summed E-state index contributed by atoms with van der Waals surface area (Å²) in [5, 5.41) is 0.676. The van der Waals surface area contributed by atoms with Crippen LogP contribution in [0.1, 0.15) is 23.0 Å². The van der Waals surface area contributed by atoms with Gasteiger partial charge < -0.3 is 0 Å². The summed E-state index contributed by atoms with van der Waals surface area (Å²) in [7, 11) is 0. The van der Waals surface area contributed by atoms with Crippen LogP contribution in [-0.2, 0) is 5.33 Å². The lowest BCUT2D eigenvalue weighted by Gasteiger charge is -1.99. The monoisotopic (exact) mass is 213 g/mol. The molecule has 1 aromatic rings. The SMILES string of the molecule is CC(=O)c1ncccc1CBr. The molecule has 0 N–H and O–H groups in total. The van der Waals surface area contributed by atoms with Gasteiger partial charge in [-0.05, 0) is 11.6 Å². The lowest BCUT2D eigenvalue weighted by molar-refractivity contribution is 0.101. The van der Waals surface area contributed by atoms with E-state index in [2.05, 4.69) is 20.9 Å². The van der Waals surface area contributed by atoms with Crippen molar-refractivity contribution in [2.45, 2.75) is 12.3 Å². The second-order valence-corrected chi connectivity index (χ2v) is 2.76. The standard InChI is InChI=1S/C8H8BrNO/c1-6(11)8-7(5-9)3-2-4-10-8/h2-4H,5H2,1H3. The van der Waals surface area contributed by atoms with Crippen molar-refractivity contribution in [1.82, 2.24) is 4.98 Å². The summed E-state index contributed by atoms with van der Waals surface area (Å²) in [5.74, 6) is 0.0139. The zero-order valence-corrected chi connectivity index (χ0v) is 7.76. The third-order valence-corrected chi connectivity index (χ3v) is 1.97. The Kier molecular flexibility index (Phi) is 2.76. The first-order chi connectivity index (χ1) is 5.25. The molecular weight excluding hydrogens is 206 g/mol. The van der Waals surface area contributed by atoms with E-state index in [1.54, 1.807) is 6.20 Å². The van der Waals surface area contributed by atoms with Gasteiger partial charge in [-0.15, -0.1) is 0 Å². The number of pyridine rings is 1. The normalized spacial score (nSPS) is 9.64. The molecule has 0 spiro atoms. The Morgan fingerprint density at radius 3 is 2.91 bits per heavy atom. The Morgan fingerprint density at radius 1 is 1.73 bits per heavy atom. The first kappa shape index (κ1) is 8.40. The van der Waals surface area contributed by atoms with E-state index in [1.807, 2.05) is 12.1 Å². The minimum atomic E-state index is 0.0139. The first-order valence-corrected chi connectivity index (χ1v) is 4.38. The predicted molar refractivity (Wildman–Crippen MR) is 46.9 cm³/mol. The highest BCUT2D eigenvalue weighted by molar-refractivity contribution is 9.08. The number of alkyl halides is 1. The molecule has 0 fully saturated rings. The summed E-state index contributed by atoms with van der Waals surface area (Å²) < 4.78 is 0. The van der Waals surface area contributed by atoms with Crippen molar-refractivity contribution in [3.05, 3.63) is 29.6 Å². The van der Waals surface area contributed by atoms with Gasteiger partial charge in [0.15, 0.2) is 5.78 Å². The molecule has 0 saturated heterocycles. The summed E-state index contributed by atoms with van der Waals surface area (Å²) >= 11 is 3.28. The predicted octanol–water partition coefficient (Wildman–Crippen LogP) is 2.18. The molecule has 0 bridgehead atoms. The van der Waals surface area contributed by atoms with E-state index < -0.39 is 0 Å². The van der Waals surface area contributed by atoms with Crippen LogP contribution in [0, 0.1) is 0 Å². The Morgan fingerprint density at radius 2 is 2.45 bits per heavy atom. The lowest BCUT2D eigenvalue weighted by atomic mass is 10.2. The molecule has 0 aliphatic carbocycles. The highest BCUT2D eigenvalue weighted by atomic mass is 79.9. The Hall–Kier alpha value is -0.700. The number of Topliss-reactive ketones (excluding diaryl/α,β-unsaturated/α-hetero) is 1. The Labute approximate surface area is 73.8 Å². The number of aromatic nitrogens is 1. The van der Waals surface area contributed by atoms with E-state index in [0.717, 1.165) is 5.56 Å². The first-order valence-electron chi connectivity index (χ1n) is 3.26. The lowest BCUT2D eigenvalue weighted by Crippen LogP contribution is -2.00. The van der Waals surface area contributed by atoms with Gasteiger partial charge in [-0.2, -0.15) is 0 Å². The number of ketones is 1. The minimum Gasteiger partial charge on any atom is -0.293 e. The molecule has 0 unspecified atom stereocenters. The largest absolute Gasteiger partial charge is 0.293 e. The number of hydrogen-bond acceptors (Lipinski definition) is 2. The number of hydrogen-bond donors (Lipinski definition) is 0. The third-order valence-electron chi connectivity index (χ3n) is 1.37. The summed E-state index contributed by atoms with van der Waals surface area (Å²) in [5.41, 5.74) is 1.50. The van der Waals surface area contributed by atoms with Gasteiger partial charge in [0.2, 0.25) is 0 Å². The quantitative estimate of drug-likeness (QED) is 0.557. The fraction of sp³-hybridized carbons (Fsp3) is 0.250. The Balaban J connectivity index is 3.12. The molecule has 1 rings (SSSR count). The molecule has 0 aliphatic rings. The van der Waals surface area contributed by atoms with Crippen molar-refractivity contribution in [2.75, 3.05) is 0 Å². The van der Waals surface area contributed by atoms with Crippen LogP contribution < -0.4 is 0 Å². The molecule has 1 aromatic heterocycles. The van der Waals surface area contributed by atoms with Crippen molar-refractivity contribution < 1.29 is 4.79 Å². The second kappa shape index (κ2) is 3.62. The van der Waals surface area contributed by atoms with Gasteiger partial charge in [-0.1, -0.05) is 22.0 Å². The number of halogens is 1. The maximum absolute atomic E-state index is 10.9. The average Bonchev–Trinajstić information content (AvgIpc) is 2.04. The fourth-order valence-corrected chi connectivity index (χ4v) is 1.32. The van der Waals surface area contributed by atoms with Gasteiger partial charge in [0.1, 0.15) is 5.69 Å². The van der Waals surface area contributed by atoms with Crippen molar-refractivity contribution >= 4 is 21.7 Å². The van der Waals surface area contributed by atoms with E-state index in [-0.39, 0.29) is 5.78 Å². The van der Waals surface area contributed by atoms with Gasteiger partial charge >= 0.3 is 0 Å². The van der Waals surface area contributed by atoms with E-state index in [0.29, 0.717) is 11.0 Å². The molecule has 11 heavy (non-hydrogen) atoms. The van der Waals surface area contributed by atoms with Gasteiger partial charge in [-0.25, -0.2) is 0 Å². The fourth-order valence-electron chi connectivity index (χ4n) is 0.863. The van der Waals surface area contributed by atoms with E-state index in [9.17, 15) is 4.79 Å². The van der Waals surface area contributed by atoms with Crippen molar-refractivity contribution in [2.24, 2.45) is 0 Å². The molecule has 1 heterocycles. The minimum absolute atomic E-state index is 0.0139. The molecule has 58 valence electrons. The van der Waals surface area contributed by atoms with Gasteiger partial charge in [0.05, 0.1) is 0 Å². The molecule has 3 heteroatoms. The molecule has 0 amide bonds. The van der Waals surface area contributed by atoms with E-state index in [4.69, 9.17) is 0 Å². The maximum Gasteiger partial charge on any atom is 0.178 e. The van der Waals surface area contributed by atoms with E-state index >= 15 is 0 Å². The topological polar surface area (TPSA) is 30.0 Å². The maximum atomic E-state index is 10.9. The molecule has 2 nitrogen and oxygen atoms in total. The zero-order valence-electron chi connectivity index (χ0n) is 6.17. The highest BCUT2D eigenvalue weighted by Crippen LogP contribution is 2.09. The van der Waals surface area contributed by atoms with Gasteiger partial charge in [0, 0.05) is 18.5 Å². The van der Waals surface area contributed by atoms with Crippen LogP contribution in [0.15, 0.2) is 18.3 Å². The van der Waals surface area contributed by atoms with Crippen molar-refractivity contribution in [3.8, 4) is 0 Å². The number of nitrogens with zero attached hydrogens (tertiary/aromatic N) is 1. The molecular formula is C8H8BrNO. The van der Waals surface area contributed by atoms with Crippen molar-refractivity contribution in [1.29, 1.82) is 0 Å². The third kappa shape index (κ3) is 1.87. The van der Waals surface area contributed by atoms with Crippen LogP contribution in [0.2, 0.25) is 0 Å². The summed E-state index contributed by atoms with van der Waals surface area (Å²) in [6, 6.07) is 3.71. The van der Waals surface area contributed by atoms with Gasteiger partial charge in [0.25, 0.3) is 0 Å². The summed E-state index contributed by atoms with van der Waals surface area (Å²) in [4.78, 5) is 14.9. The number of carbonyl (C=O) groups excluding carboxylic acids is 1. The van der Waals surface area contributed by atoms with Crippen molar-refractivity contribution in [3.63, 3.8) is 0 Å². The van der Waals surface area contributed by atoms with E-state index in [1.165, 1.54) is 6.92 Å². The van der Waals surface area contributed by atoms with Crippen LogP contribution in [0.4, 0.5) is 0 Å². The highest BCUT2D eigenvalue weighted by Gasteiger charge is 2.05. The Bertz CT molecular complexity index is 273. The number of carbonyl (C=O) groups is 1. The average molecular weight is 214 g/mol. The molecule has 0 aliphatic heterocycles. The smallest absolute Gasteiger partial charge is 0.178 e. The zero-order chi connectivity index (χ0) is 8.27. The van der Waals surface area contributed by atoms with Crippen LogP contribution in [0.5, 0.6) is 0 Å². The molecule has 0 aromatic carbocycles. The van der Waals surface area contributed by atoms with Crippen LogP contribution in [-0.4, -0.2) is 10.8 Å². The summed E-state index contributed by atoms with van der Waals surface area (Å²) in [6.07, 6.45) is 1.63. The van der Waals surface area contributed by atoms with Crippen LogP contribution in [0.25, 0.3) is 0 Å². The molecule has 0 atom stereocenters. The second-order valence-electron chi connectivity index (χ2n) is 2.20. The number of rotatable bonds is 2. The van der Waals surface area contributed by atoms with Crippen LogP contribution in [0.3, 0.4) is 0 Å². The molecule has 0 saturated carbocycles. The van der Waals surface area contributed by atoms with Gasteiger partial charge in [-0.3, -0.25) is 9.78 Å². The van der Waals surface area contributed by atoms with Crippen LogP contribution >= 0.6 is 15.9 Å².